The standard InChI is InChI=1S/C32H35Cl2N7O3/c1-20-37-27-6-9-41(19-29(27)39(20)2)32-35-16-26(17-36-32)44-30-11-22(10-28(38-30)23-13-24(33)15-25(34)14-23)18-40-7-4-21(5-8-40)12-31(42)43-3/h10-11,13-17,21H,4-9,12,18-19H2,1-3H3. The third kappa shape index (κ3) is 6.98. The van der Waals surface area contributed by atoms with Crippen molar-refractivity contribution in [3.8, 4) is 22.9 Å². The fraction of sp³-hybridized carbons (Fsp3) is 0.406. The number of imidazole rings is 1. The van der Waals surface area contributed by atoms with Crippen LogP contribution in [0, 0.1) is 12.8 Å². The molecule has 3 aromatic heterocycles. The van der Waals surface area contributed by atoms with Gasteiger partial charge in [-0.05, 0) is 68.6 Å². The number of pyridine rings is 1. The summed E-state index contributed by atoms with van der Waals surface area (Å²) >= 11 is 12.7. The maximum atomic E-state index is 11.7. The van der Waals surface area contributed by atoms with Crippen LogP contribution in [0.2, 0.25) is 10.0 Å². The molecule has 4 aromatic rings. The molecular weight excluding hydrogens is 601 g/mol. The Labute approximate surface area is 267 Å². The number of aryl methyl sites for hydroxylation is 1. The lowest BCUT2D eigenvalue weighted by Crippen LogP contribution is -2.34. The van der Waals surface area contributed by atoms with E-state index in [2.05, 4.69) is 29.3 Å². The number of methoxy groups -OCH3 is 1. The van der Waals surface area contributed by atoms with E-state index in [1.165, 1.54) is 12.8 Å². The third-order valence-corrected chi connectivity index (χ3v) is 8.85. The molecule has 12 heteroatoms. The van der Waals surface area contributed by atoms with Gasteiger partial charge < -0.3 is 18.9 Å². The lowest BCUT2D eigenvalue weighted by Gasteiger charge is -2.31. The summed E-state index contributed by atoms with van der Waals surface area (Å²) in [5.74, 6) is 2.79. The third-order valence-electron chi connectivity index (χ3n) is 8.42. The number of benzene rings is 1. The second-order valence-electron chi connectivity index (χ2n) is 11.5. The van der Waals surface area contributed by atoms with E-state index in [0.717, 1.165) is 61.5 Å². The Morgan fingerprint density at radius 2 is 1.73 bits per heavy atom. The van der Waals surface area contributed by atoms with Gasteiger partial charge in [0.05, 0.1) is 43.1 Å². The van der Waals surface area contributed by atoms with Gasteiger partial charge >= 0.3 is 5.97 Å². The Kier molecular flexibility index (Phi) is 9.02. The number of rotatable bonds is 8. The fourth-order valence-electron chi connectivity index (χ4n) is 5.92. The molecule has 2 aliphatic heterocycles. The SMILES string of the molecule is COC(=O)CC1CCN(Cc2cc(Oc3cnc(N4CCc5nc(C)n(C)c5C4)nc3)nc(-c3cc(Cl)cc(Cl)c3)c2)CC1. The summed E-state index contributed by atoms with van der Waals surface area (Å²) in [5.41, 5.74) is 4.89. The number of anilines is 1. The first kappa shape index (κ1) is 30.3. The number of piperidine rings is 1. The van der Waals surface area contributed by atoms with E-state index >= 15 is 0 Å². The van der Waals surface area contributed by atoms with Crippen molar-refractivity contribution < 1.29 is 14.3 Å². The van der Waals surface area contributed by atoms with Gasteiger partial charge in [-0.15, -0.1) is 0 Å². The van der Waals surface area contributed by atoms with E-state index in [1.54, 1.807) is 18.5 Å². The van der Waals surface area contributed by atoms with Gasteiger partial charge in [0.25, 0.3) is 0 Å². The van der Waals surface area contributed by atoms with Gasteiger partial charge in [-0.2, -0.15) is 0 Å². The molecule has 0 aliphatic carbocycles. The Balaban J connectivity index is 1.19. The summed E-state index contributed by atoms with van der Waals surface area (Å²) in [7, 11) is 3.49. The molecule has 0 atom stereocenters. The molecule has 0 bridgehead atoms. The number of carbonyl (C=O) groups is 1. The highest BCUT2D eigenvalue weighted by Crippen LogP contribution is 2.31. The topological polar surface area (TPSA) is 98.5 Å². The van der Waals surface area contributed by atoms with Crippen LogP contribution in [-0.4, -0.2) is 62.1 Å². The average Bonchev–Trinajstić information content (AvgIpc) is 3.30. The van der Waals surface area contributed by atoms with Crippen molar-refractivity contribution in [2.75, 3.05) is 31.6 Å². The number of likely N-dealkylation sites (tertiary alicyclic amines) is 1. The van der Waals surface area contributed by atoms with E-state index < -0.39 is 0 Å². The van der Waals surface area contributed by atoms with Crippen molar-refractivity contribution in [3.05, 3.63) is 75.5 Å². The highest BCUT2D eigenvalue weighted by molar-refractivity contribution is 6.35. The first-order chi connectivity index (χ1) is 21.2. The van der Waals surface area contributed by atoms with Crippen LogP contribution < -0.4 is 9.64 Å². The van der Waals surface area contributed by atoms with E-state index in [9.17, 15) is 4.79 Å². The Morgan fingerprint density at radius 3 is 2.43 bits per heavy atom. The van der Waals surface area contributed by atoms with Crippen LogP contribution in [-0.2, 0) is 36.1 Å². The van der Waals surface area contributed by atoms with Crippen molar-refractivity contribution in [2.45, 2.75) is 45.7 Å². The van der Waals surface area contributed by atoms with Crippen LogP contribution in [0.15, 0.2) is 42.7 Å². The summed E-state index contributed by atoms with van der Waals surface area (Å²) in [6, 6.07) is 9.37. The number of hydrogen-bond donors (Lipinski definition) is 0. The minimum atomic E-state index is -0.144. The van der Waals surface area contributed by atoms with E-state index in [4.69, 9.17) is 37.7 Å². The first-order valence-corrected chi connectivity index (χ1v) is 15.5. The number of esters is 1. The zero-order chi connectivity index (χ0) is 30.8. The second-order valence-corrected chi connectivity index (χ2v) is 12.3. The molecule has 0 amide bonds. The molecular formula is C32H35Cl2N7O3. The molecule has 10 nitrogen and oxygen atoms in total. The normalized spacial score (nSPS) is 15.7. The van der Waals surface area contributed by atoms with Crippen molar-refractivity contribution in [1.29, 1.82) is 0 Å². The largest absolute Gasteiger partial charge is 0.469 e. The molecule has 6 rings (SSSR count). The average molecular weight is 637 g/mol. The van der Waals surface area contributed by atoms with Crippen LogP contribution in [0.25, 0.3) is 11.3 Å². The number of aromatic nitrogens is 5. The Bertz CT molecular complexity index is 1630. The number of fused-ring (bicyclic) bond motifs is 1. The van der Waals surface area contributed by atoms with Gasteiger partial charge in [0.15, 0.2) is 5.75 Å². The maximum absolute atomic E-state index is 11.7. The number of carbonyl (C=O) groups excluding carboxylic acids is 1. The summed E-state index contributed by atoms with van der Waals surface area (Å²) < 4.78 is 13.2. The van der Waals surface area contributed by atoms with E-state index in [0.29, 0.717) is 58.7 Å². The molecule has 0 saturated carbocycles. The molecule has 0 radical (unpaired) electrons. The van der Waals surface area contributed by atoms with Crippen LogP contribution in [0.1, 0.15) is 42.0 Å². The zero-order valence-corrected chi connectivity index (χ0v) is 26.6. The van der Waals surface area contributed by atoms with Gasteiger partial charge in [-0.25, -0.2) is 19.9 Å². The summed E-state index contributed by atoms with van der Waals surface area (Å²) in [6.45, 7) is 6.04. The molecule has 44 heavy (non-hydrogen) atoms. The Morgan fingerprint density at radius 1 is 1.00 bits per heavy atom. The maximum Gasteiger partial charge on any atom is 0.305 e. The van der Waals surface area contributed by atoms with Crippen molar-refractivity contribution in [3.63, 3.8) is 0 Å². The minimum absolute atomic E-state index is 0.144. The van der Waals surface area contributed by atoms with Crippen molar-refractivity contribution in [2.24, 2.45) is 13.0 Å². The highest BCUT2D eigenvalue weighted by atomic mass is 35.5. The molecule has 1 aromatic carbocycles. The van der Waals surface area contributed by atoms with Crippen molar-refractivity contribution in [1.82, 2.24) is 29.4 Å². The number of hydrogen-bond acceptors (Lipinski definition) is 9. The molecule has 230 valence electrons. The number of halogens is 2. The van der Waals surface area contributed by atoms with Gasteiger partial charge in [0.2, 0.25) is 11.8 Å². The van der Waals surface area contributed by atoms with Gasteiger partial charge in [-0.1, -0.05) is 23.2 Å². The van der Waals surface area contributed by atoms with Gasteiger partial charge in [0, 0.05) is 54.7 Å². The molecule has 2 aliphatic rings. The van der Waals surface area contributed by atoms with Gasteiger partial charge in [0.1, 0.15) is 5.82 Å². The predicted octanol–water partition coefficient (Wildman–Crippen LogP) is 6.02. The van der Waals surface area contributed by atoms with E-state index in [1.807, 2.05) is 38.2 Å². The monoisotopic (exact) mass is 635 g/mol. The molecule has 1 fully saturated rings. The minimum Gasteiger partial charge on any atom is -0.469 e. The number of ether oxygens (including phenoxy) is 2. The quantitative estimate of drug-likeness (QED) is 0.215. The lowest BCUT2D eigenvalue weighted by molar-refractivity contribution is -0.142. The molecule has 0 unspecified atom stereocenters. The zero-order valence-electron chi connectivity index (χ0n) is 25.1. The van der Waals surface area contributed by atoms with Crippen LogP contribution in [0.3, 0.4) is 0 Å². The van der Waals surface area contributed by atoms with Crippen molar-refractivity contribution >= 4 is 35.1 Å². The molecule has 0 spiro atoms. The molecule has 0 N–H and O–H groups in total. The first-order valence-electron chi connectivity index (χ1n) is 14.8. The van der Waals surface area contributed by atoms with Crippen LogP contribution in [0.4, 0.5) is 5.95 Å². The van der Waals surface area contributed by atoms with Gasteiger partial charge in [-0.3, -0.25) is 9.69 Å². The number of nitrogens with zero attached hydrogens (tertiary/aromatic N) is 7. The van der Waals surface area contributed by atoms with E-state index in [-0.39, 0.29) is 5.97 Å². The summed E-state index contributed by atoms with van der Waals surface area (Å²) in [6.07, 6.45) is 6.59. The summed E-state index contributed by atoms with van der Waals surface area (Å²) in [4.78, 5) is 35.0. The molecule has 5 heterocycles. The second kappa shape index (κ2) is 13.1. The highest BCUT2D eigenvalue weighted by Gasteiger charge is 2.24. The Hall–Kier alpha value is -3.73. The summed E-state index contributed by atoms with van der Waals surface area (Å²) in [5, 5.41) is 1.06. The van der Waals surface area contributed by atoms with Crippen LogP contribution in [0.5, 0.6) is 11.6 Å². The fourth-order valence-corrected chi connectivity index (χ4v) is 6.44. The van der Waals surface area contributed by atoms with Crippen LogP contribution >= 0.6 is 23.2 Å². The predicted molar refractivity (Wildman–Crippen MR) is 169 cm³/mol. The smallest absolute Gasteiger partial charge is 0.305 e. The lowest BCUT2D eigenvalue weighted by atomic mass is 9.93. The molecule has 1 saturated heterocycles.